The number of carbonyl (C=O) groups excluding carboxylic acids is 1. The second kappa shape index (κ2) is 8.58. The maximum atomic E-state index is 13.6. The summed E-state index contributed by atoms with van der Waals surface area (Å²) >= 11 is 0. The first-order valence-corrected chi connectivity index (χ1v) is 8.59. The van der Waals surface area contributed by atoms with Crippen LogP contribution in [0.3, 0.4) is 0 Å². The predicted octanol–water partition coefficient (Wildman–Crippen LogP) is 3.20. The molecular formula is C22H20FNO3. The molecule has 138 valence electrons. The number of nitrogens with one attached hydrogen (secondary N) is 1. The Bertz CT molecular complexity index is 970. The largest absolute Gasteiger partial charge is 0.394 e. The molecule has 0 saturated carbocycles. The van der Waals surface area contributed by atoms with Crippen molar-refractivity contribution in [1.29, 1.82) is 0 Å². The molecule has 3 aromatic rings. The fourth-order valence-electron chi connectivity index (χ4n) is 2.89. The van der Waals surface area contributed by atoms with E-state index in [1.807, 2.05) is 36.4 Å². The van der Waals surface area contributed by atoms with E-state index in [0.29, 0.717) is 5.56 Å². The Kier molecular flexibility index (Phi) is 5.96. The van der Waals surface area contributed by atoms with Gasteiger partial charge < -0.3 is 15.5 Å². The van der Waals surface area contributed by atoms with Crippen LogP contribution in [0.5, 0.6) is 0 Å². The van der Waals surface area contributed by atoms with Gasteiger partial charge in [0, 0.05) is 11.6 Å². The standard InChI is InChI=1S/C22H20FNO3/c23-19-8-4-3-6-16(19)11-12-21(27)24-22(20(26)14-25)18-10-9-15-5-1-2-7-17(15)13-18/h1-13,20,22,25-26H,14H2,(H,24,27). The van der Waals surface area contributed by atoms with Crippen molar-refractivity contribution in [1.82, 2.24) is 5.32 Å². The Morgan fingerprint density at radius 3 is 2.48 bits per heavy atom. The molecule has 0 saturated heterocycles. The summed E-state index contributed by atoms with van der Waals surface area (Å²) in [5, 5.41) is 24.2. The van der Waals surface area contributed by atoms with E-state index in [1.165, 1.54) is 18.2 Å². The third kappa shape index (κ3) is 4.58. The van der Waals surface area contributed by atoms with Gasteiger partial charge >= 0.3 is 0 Å². The number of rotatable bonds is 6. The van der Waals surface area contributed by atoms with Gasteiger partial charge in [0.25, 0.3) is 0 Å². The number of fused-ring (bicyclic) bond motifs is 1. The summed E-state index contributed by atoms with van der Waals surface area (Å²) in [6.07, 6.45) is 1.40. The van der Waals surface area contributed by atoms with Gasteiger partial charge in [-0.1, -0.05) is 54.6 Å². The van der Waals surface area contributed by atoms with E-state index in [-0.39, 0.29) is 5.56 Å². The highest BCUT2D eigenvalue weighted by molar-refractivity contribution is 5.92. The van der Waals surface area contributed by atoms with Crippen LogP contribution >= 0.6 is 0 Å². The van der Waals surface area contributed by atoms with E-state index in [0.717, 1.165) is 10.8 Å². The summed E-state index contributed by atoms with van der Waals surface area (Å²) in [5.41, 5.74) is 0.959. The smallest absolute Gasteiger partial charge is 0.244 e. The Morgan fingerprint density at radius 2 is 1.74 bits per heavy atom. The van der Waals surface area contributed by atoms with Crippen LogP contribution in [0, 0.1) is 5.82 Å². The summed E-state index contributed by atoms with van der Waals surface area (Å²) in [4.78, 5) is 12.3. The number of hydrogen-bond donors (Lipinski definition) is 3. The summed E-state index contributed by atoms with van der Waals surface area (Å²) < 4.78 is 13.6. The van der Waals surface area contributed by atoms with Crippen molar-refractivity contribution in [2.45, 2.75) is 12.1 Å². The molecule has 0 aliphatic rings. The highest BCUT2D eigenvalue weighted by Gasteiger charge is 2.22. The zero-order valence-electron chi connectivity index (χ0n) is 14.5. The number of aliphatic hydroxyl groups is 2. The Labute approximate surface area is 156 Å². The maximum absolute atomic E-state index is 13.6. The van der Waals surface area contributed by atoms with E-state index < -0.39 is 30.5 Å². The topological polar surface area (TPSA) is 69.6 Å². The van der Waals surface area contributed by atoms with Crippen LogP contribution in [-0.4, -0.2) is 28.8 Å². The molecule has 3 aromatic carbocycles. The van der Waals surface area contributed by atoms with Gasteiger partial charge in [-0.2, -0.15) is 0 Å². The van der Waals surface area contributed by atoms with Crippen LogP contribution in [-0.2, 0) is 4.79 Å². The SMILES string of the molecule is O=C(C=Cc1ccccc1F)NC(c1ccc2ccccc2c1)C(O)CO. The van der Waals surface area contributed by atoms with Crippen molar-refractivity contribution in [3.63, 3.8) is 0 Å². The van der Waals surface area contributed by atoms with E-state index in [2.05, 4.69) is 5.32 Å². The fraction of sp³-hybridized carbons (Fsp3) is 0.136. The molecular weight excluding hydrogens is 345 g/mol. The normalized spacial score (nSPS) is 13.6. The first-order chi connectivity index (χ1) is 13.1. The van der Waals surface area contributed by atoms with Gasteiger partial charge in [-0.25, -0.2) is 4.39 Å². The van der Waals surface area contributed by atoms with Crippen LogP contribution < -0.4 is 5.32 Å². The quantitative estimate of drug-likeness (QED) is 0.588. The average molecular weight is 365 g/mol. The van der Waals surface area contributed by atoms with E-state index >= 15 is 0 Å². The molecule has 3 N–H and O–H groups in total. The van der Waals surface area contributed by atoms with Crippen molar-refractivity contribution in [3.8, 4) is 0 Å². The van der Waals surface area contributed by atoms with Gasteiger partial charge in [-0.15, -0.1) is 0 Å². The van der Waals surface area contributed by atoms with Crippen molar-refractivity contribution in [2.75, 3.05) is 6.61 Å². The monoisotopic (exact) mass is 365 g/mol. The zero-order valence-corrected chi connectivity index (χ0v) is 14.5. The minimum atomic E-state index is -1.17. The van der Waals surface area contributed by atoms with Crippen molar-refractivity contribution in [3.05, 3.63) is 89.8 Å². The molecule has 0 bridgehead atoms. The number of amides is 1. The Morgan fingerprint density at radius 1 is 1.04 bits per heavy atom. The number of aliphatic hydroxyl groups excluding tert-OH is 2. The molecule has 0 spiro atoms. The van der Waals surface area contributed by atoms with Gasteiger partial charge in [0.2, 0.25) is 5.91 Å². The second-order valence-corrected chi connectivity index (χ2v) is 6.20. The highest BCUT2D eigenvalue weighted by atomic mass is 19.1. The molecule has 0 aliphatic carbocycles. The molecule has 27 heavy (non-hydrogen) atoms. The average Bonchev–Trinajstić information content (AvgIpc) is 2.70. The van der Waals surface area contributed by atoms with Gasteiger partial charge in [0.15, 0.2) is 0 Å². The van der Waals surface area contributed by atoms with E-state index in [1.54, 1.807) is 24.3 Å². The van der Waals surface area contributed by atoms with Gasteiger partial charge in [0.1, 0.15) is 11.9 Å². The molecule has 0 fully saturated rings. The molecule has 0 radical (unpaired) electrons. The van der Waals surface area contributed by atoms with Gasteiger partial charge in [0.05, 0.1) is 12.6 Å². The lowest BCUT2D eigenvalue weighted by atomic mass is 9.98. The van der Waals surface area contributed by atoms with Crippen LogP contribution in [0.25, 0.3) is 16.8 Å². The lowest BCUT2D eigenvalue weighted by molar-refractivity contribution is -0.118. The van der Waals surface area contributed by atoms with Crippen LogP contribution in [0.1, 0.15) is 17.2 Å². The van der Waals surface area contributed by atoms with Gasteiger partial charge in [-0.05, 0) is 34.5 Å². The Balaban J connectivity index is 1.82. The number of benzene rings is 3. The molecule has 2 atom stereocenters. The lowest BCUT2D eigenvalue weighted by Crippen LogP contribution is -2.37. The number of carbonyl (C=O) groups is 1. The molecule has 0 aromatic heterocycles. The zero-order chi connectivity index (χ0) is 19.2. The summed E-state index contributed by atoms with van der Waals surface area (Å²) in [5.74, 6) is -0.924. The van der Waals surface area contributed by atoms with Crippen LogP contribution in [0.15, 0.2) is 72.8 Å². The third-order valence-corrected chi connectivity index (χ3v) is 4.32. The van der Waals surface area contributed by atoms with Crippen LogP contribution in [0.4, 0.5) is 4.39 Å². The molecule has 5 heteroatoms. The summed E-state index contributed by atoms with van der Waals surface area (Å²) in [6.45, 7) is -0.505. The van der Waals surface area contributed by atoms with Crippen LogP contribution in [0.2, 0.25) is 0 Å². The van der Waals surface area contributed by atoms with Crippen molar-refractivity contribution in [2.24, 2.45) is 0 Å². The first kappa shape index (κ1) is 18.8. The molecule has 4 nitrogen and oxygen atoms in total. The van der Waals surface area contributed by atoms with Gasteiger partial charge in [-0.3, -0.25) is 4.79 Å². The fourth-order valence-corrected chi connectivity index (χ4v) is 2.89. The van der Waals surface area contributed by atoms with Crippen molar-refractivity contribution >= 4 is 22.8 Å². The highest BCUT2D eigenvalue weighted by Crippen LogP contribution is 2.23. The molecule has 0 aliphatic heterocycles. The maximum Gasteiger partial charge on any atom is 0.244 e. The van der Waals surface area contributed by atoms with E-state index in [9.17, 15) is 19.4 Å². The Hall–Kier alpha value is -3.02. The minimum Gasteiger partial charge on any atom is -0.394 e. The second-order valence-electron chi connectivity index (χ2n) is 6.20. The third-order valence-electron chi connectivity index (χ3n) is 4.32. The molecule has 3 rings (SSSR count). The molecule has 2 unspecified atom stereocenters. The minimum absolute atomic E-state index is 0.289. The number of halogens is 1. The molecule has 1 amide bonds. The first-order valence-electron chi connectivity index (χ1n) is 8.59. The molecule has 0 heterocycles. The van der Waals surface area contributed by atoms with E-state index in [4.69, 9.17) is 0 Å². The van der Waals surface area contributed by atoms with Crippen molar-refractivity contribution < 1.29 is 19.4 Å². The predicted molar refractivity (Wildman–Crippen MR) is 103 cm³/mol. The summed E-state index contributed by atoms with van der Waals surface area (Å²) in [6, 6.07) is 18.6. The summed E-state index contributed by atoms with van der Waals surface area (Å²) in [7, 11) is 0. The lowest BCUT2D eigenvalue weighted by Gasteiger charge is -2.23. The number of hydrogen-bond acceptors (Lipinski definition) is 3.